The largest absolute Gasteiger partial charge is 0.386 e. The molecule has 1 saturated heterocycles. The van der Waals surface area contributed by atoms with Crippen LogP contribution in [0.4, 0.5) is 4.39 Å². The van der Waals surface area contributed by atoms with Crippen LogP contribution in [0.2, 0.25) is 5.02 Å². The summed E-state index contributed by atoms with van der Waals surface area (Å²) in [5, 5.41) is 16.0. The van der Waals surface area contributed by atoms with Gasteiger partial charge in [-0.1, -0.05) is 11.6 Å². The van der Waals surface area contributed by atoms with Gasteiger partial charge >= 0.3 is 0 Å². The zero-order valence-electron chi connectivity index (χ0n) is 13.9. The summed E-state index contributed by atoms with van der Waals surface area (Å²) in [6, 6.07) is 1.52. The highest BCUT2D eigenvalue weighted by Gasteiger charge is 2.52. The molecule has 136 valence electrons. The van der Waals surface area contributed by atoms with E-state index in [1.54, 1.807) is 10.9 Å². The Hall–Kier alpha value is -1.22. The van der Waals surface area contributed by atoms with E-state index in [0.717, 1.165) is 0 Å². The van der Waals surface area contributed by atoms with Crippen LogP contribution in [0.25, 0.3) is 10.9 Å². The Labute approximate surface area is 150 Å². The molecule has 1 aromatic carbocycles. The molecule has 1 fully saturated rings. The fourth-order valence-corrected chi connectivity index (χ4v) is 5.45. The van der Waals surface area contributed by atoms with E-state index in [-0.39, 0.29) is 16.5 Å². The minimum Gasteiger partial charge on any atom is -0.386 e. The average Bonchev–Trinajstić information content (AvgIpc) is 3.06. The fourth-order valence-electron chi connectivity index (χ4n) is 4.36. The standard InChI is InChI=1S/C16H19ClFN3O3S/c1-16(10-3-5-20(6-4-10)25(2,23)24)15(22)12-13(18)11(17)7-9-8-19-21(16)14(9)12/h7-8,10,15,22H,3-6H2,1-2H3/t15-,16?/m1/s1. The molecular weight excluding hydrogens is 369 g/mol. The second-order valence-electron chi connectivity index (χ2n) is 7.14. The molecule has 0 saturated carbocycles. The Balaban J connectivity index is 1.75. The first-order valence-corrected chi connectivity index (χ1v) is 10.4. The summed E-state index contributed by atoms with van der Waals surface area (Å²) < 4.78 is 41.2. The lowest BCUT2D eigenvalue weighted by molar-refractivity contribution is -0.00997. The Morgan fingerprint density at radius 2 is 2.04 bits per heavy atom. The molecule has 1 N–H and O–H groups in total. The Morgan fingerprint density at radius 3 is 2.64 bits per heavy atom. The third kappa shape index (κ3) is 2.27. The van der Waals surface area contributed by atoms with Gasteiger partial charge in [0.1, 0.15) is 11.9 Å². The molecule has 0 amide bonds. The van der Waals surface area contributed by atoms with E-state index in [1.807, 2.05) is 6.92 Å². The van der Waals surface area contributed by atoms with E-state index in [0.29, 0.717) is 36.8 Å². The number of aliphatic hydroxyl groups excluding tert-OH is 1. The van der Waals surface area contributed by atoms with Gasteiger partial charge < -0.3 is 5.11 Å². The lowest BCUT2D eigenvalue weighted by atomic mass is 9.75. The molecule has 0 radical (unpaired) electrons. The van der Waals surface area contributed by atoms with Gasteiger partial charge in [-0.15, -0.1) is 0 Å². The molecule has 0 spiro atoms. The molecule has 25 heavy (non-hydrogen) atoms. The van der Waals surface area contributed by atoms with Crippen molar-refractivity contribution in [2.45, 2.75) is 31.4 Å². The predicted octanol–water partition coefficient (Wildman–Crippen LogP) is 2.26. The molecule has 0 bridgehead atoms. The van der Waals surface area contributed by atoms with Crippen LogP contribution in [0.3, 0.4) is 0 Å². The van der Waals surface area contributed by atoms with E-state index >= 15 is 0 Å². The predicted molar refractivity (Wildman–Crippen MR) is 92.4 cm³/mol. The highest BCUT2D eigenvalue weighted by molar-refractivity contribution is 7.88. The van der Waals surface area contributed by atoms with Gasteiger partial charge in [0.05, 0.1) is 28.5 Å². The second-order valence-corrected chi connectivity index (χ2v) is 9.53. The Bertz CT molecular complexity index is 969. The Kier molecular flexibility index (Phi) is 3.71. The minimum atomic E-state index is -3.23. The number of hydrogen-bond donors (Lipinski definition) is 1. The van der Waals surface area contributed by atoms with Gasteiger partial charge in [0.25, 0.3) is 0 Å². The van der Waals surface area contributed by atoms with Crippen molar-refractivity contribution in [1.29, 1.82) is 0 Å². The normalized spacial score (nSPS) is 28.1. The van der Waals surface area contributed by atoms with Crippen LogP contribution in [-0.4, -0.2) is 47.0 Å². The molecule has 6 nitrogen and oxygen atoms in total. The third-order valence-corrected chi connectivity index (χ3v) is 7.39. The van der Waals surface area contributed by atoms with Crippen molar-refractivity contribution in [2.75, 3.05) is 19.3 Å². The molecule has 3 heterocycles. The van der Waals surface area contributed by atoms with Crippen LogP contribution in [0.5, 0.6) is 0 Å². The number of piperidine rings is 1. The SMILES string of the molecule is CC1(C2CCN(S(C)(=O)=O)CC2)[C@H](O)c2c(F)c(Cl)cc3cnn1c23. The maximum Gasteiger partial charge on any atom is 0.211 e. The number of aromatic nitrogens is 2. The van der Waals surface area contributed by atoms with Crippen LogP contribution >= 0.6 is 11.6 Å². The highest BCUT2D eigenvalue weighted by Crippen LogP contribution is 2.52. The number of nitrogens with zero attached hydrogens (tertiary/aromatic N) is 3. The van der Waals surface area contributed by atoms with Crippen molar-refractivity contribution in [3.05, 3.63) is 28.7 Å². The lowest BCUT2D eigenvalue weighted by Gasteiger charge is -2.42. The molecule has 4 rings (SSSR count). The van der Waals surface area contributed by atoms with Crippen molar-refractivity contribution in [3.8, 4) is 0 Å². The summed E-state index contributed by atoms with van der Waals surface area (Å²) >= 11 is 5.97. The fraction of sp³-hybridized carbons (Fsp3) is 0.562. The van der Waals surface area contributed by atoms with Gasteiger partial charge in [-0.3, -0.25) is 4.68 Å². The number of halogens is 2. The topological polar surface area (TPSA) is 75.4 Å². The van der Waals surface area contributed by atoms with Crippen molar-refractivity contribution in [3.63, 3.8) is 0 Å². The first-order valence-electron chi connectivity index (χ1n) is 8.15. The zero-order chi connectivity index (χ0) is 18.1. The van der Waals surface area contributed by atoms with Crippen molar-refractivity contribution in [2.24, 2.45) is 5.92 Å². The van der Waals surface area contributed by atoms with Gasteiger partial charge in [0.2, 0.25) is 10.0 Å². The smallest absolute Gasteiger partial charge is 0.211 e. The first-order chi connectivity index (χ1) is 11.7. The van der Waals surface area contributed by atoms with E-state index in [2.05, 4.69) is 5.10 Å². The number of hydrogen-bond acceptors (Lipinski definition) is 4. The number of rotatable bonds is 2. The van der Waals surface area contributed by atoms with Gasteiger partial charge in [-0.05, 0) is 31.7 Å². The van der Waals surface area contributed by atoms with Gasteiger partial charge in [-0.25, -0.2) is 17.1 Å². The molecule has 1 aromatic heterocycles. The van der Waals surface area contributed by atoms with Crippen molar-refractivity contribution >= 4 is 32.5 Å². The van der Waals surface area contributed by atoms with Crippen LogP contribution in [-0.2, 0) is 15.6 Å². The molecule has 2 aliphatic heterocycles. The lowest BCUT2D eigenvalue weighted by Crippen LogP contribution is -2.48. The highest BCUT2D eigenvalue weighted by atomic mass is 35.5. The molecule has 0 aliphatic carbocycles. The molecule has 2 aliphatic rings. The van der Waals surface area contributed by atoms with Crippen LogP contribution in [0, 0.1) is 11.7 Å². The van der Waals surface area contributed by atoms with E-state index in [4.69, 9.17) is 11.6 Å². The number of benzene rings is 1. The quantitative estimate of drug-likeness (QED) is 0.857. The number of aliphatic hydroxyl groups is 1. The summed E-state index contributed by atoms with van der Waals surface area (Å²) in [6.45, 7) is 2.63. The van der Waals surface area contributed by atoms with Crippen molar-refractivity contribution in [1.82, 2.24) is 14.1 Å². The van der Waals surface area contributed by atoms with Crippen LogP contribution < -0.4 is 0 Å². The van der Waals surface area contributed by atoms with Gasteiger partial charge in [0.15, 0.2) is 0 Å². The van der Waals surface area contributed by atoms with E-state index in [9.17, 15) is 17.9 Å². The molecule has 1 unspecified atom stereocenters. The van der Waals surface area contributed by atoms with E-state index < -0.39 is 27.5 Å². The summed E-state index contributed by atoms with van der Waals surface area (Å²) in [4.78, 5) is 0. The maximum atomic E-state index is 14.6. The van der Waals surface area contributed by atoms with E-state index in [1.165, 1.54) is 16.6 Å². The Morgan fingerprint density at radius 1 is 1.40 bits per heavy atom. The molecule has 2 atom stereocenters. The summed E-state index contributed by atoms with van der Waals surface area (Å²) in [5.41, 5.74) is -0.0744. The summed E-state index contributed by atoms with van der Waals surface area (Å²) in [6.07, 6.45) is 2.90. The maximum absolute atomic E-state index is 14.6. The van der Waals surface area contributed by atoms with Gasteiger partial charge in [0, 0.05) is 24.0 Å². The minimum absolute atomic E-state index is 0.0303. The average molecular weight is 388 g/mol. The summed E-state index contributed by atoms with van der Waals surface area (Å²) in [7, 11) is -3.23. The monoisotopic (exact) mass is 387 g/mol. The first kappa shape index (κ1) is 17.2. The summed E-state index contributed by atoms with van der Waals surface area (Å²) in [5.74, 6) is -0.644. The molecular formula is C16H19ClFN3O3S. The zero-order valence-corrected chi connectivity index (χ0v) is 15.5. The molecule has 9 heteroatoms. The van der Waals surface area contributed by atoms with Crippen LogP contribution in [0.1, 0.15) is 31.4 Å². The van der Waals surface area contributed by atoms with Crippen LogP contribution in [0.15, 0.2) is 12.3 Å². The number of sulfonamides is 1. The van der Waals surface area contributed by atoms with Gasteiger partial charge in [-0.2, -0.15) is 5.10 Å². The molecule has 2 aromatic rings. The second kappa shape index (κ2) is 5.39. The van der Waals surface area contributed by atoms with Crippen molar-refractivity contribution < 1.29 is 17.9 Å². The third-order valence-electron chi connectivity index (χ3n) is 5.81.